The van der Waals surface area contributed by atoms with E-state index in [0.29, 0.717) is 6.07 Å². The van der Waals surface area contributed by atoms with E-state index in [4.69, 9.17) is 11.5 Å². The molecule has 9 nitrogen and oxygen atoms in total. The minimum atomic E-state index is -1.81. The second kappa shape index (κ2) is 10.1. The van der Waals surface area contributed by atoms with Crippen LogP contribution in [0.2, 0.25) is 0 Å². The zero-order chi connectivity index (χ0) is 17.6. The number of carboxylic acid groups (broad SMARTS) is 2. The molecule has 1 saturated carbocycles. The second-order valence-electron chi connectivity index (χ2n) is 5.18. The van der Waals surface area contributed by atoms with Gasteiger partial charge in [0.1, 0.15) is 0 Å². The molecule has 0 bridgehead atoms. The molecule has 0 aromatic heterocycles. The maximum Gasteiger partial charge on any atom is 4.00 e. The number of hydrogen-bond donors (Lipinski definition) is 2. The summed E-state index contributed by atoms with van der Waals surface area (Å²) >= 11 is 0. The number of nitro groups is 1. The summed E-state index contributed by atoms with van der Waals surface area (Å²) in [6.45, 7) is 0. The van der Waals surface area contributed by atoms with Crippen molar-refractivity contribution in [1.29, 1.82) is 0 Å². The standard InChI is InChI=1S/C8H5NO6.C6H14N2.Pt/c10-7(11)4-1-2-6(9(14)15)5(3-4)8(12)13;7-5-3-1-2-4-6(5)8;/h1-3H,(H,10,11)(H,12,13);5-6H,1-4,7-8H2;/q;;+4/p-2. The predicted molar refractivity (Wildman–Crippen MR) is 76.2 cm³/mol. The number of aromatic carboxylic acids is 2. The van der Waals surface area contributed by atoms with E-state index >= 15 is 0 Å². The number of benzene rings is 1. The Balaban J connectivity index is 0.000000498. The predicted octanol–water partition coefficient (Wildman–Crippen LogP) is -1.47. The molecule has 4 N–H and O–H groups in total. The molecule has 1 aliphatic carbocycles. The van der Waals surface area contributed by atoms with E-state index in [1.165, 1.54) is 12.8 Å². The van der Waals surface area contributed by atoms with Gasteiger partial charge in [0.2, 0.25) is 0 Å². The van der Waals surface area contributed by atoms with Crippen LogP contribution >= 0.6 is 0 Å². The first kappa shape index (κ1) is 22.2. The van der Waals surface area contributed by atoms with Crippen LogP contribution in [0, 0.1) is 10.1 Å². The number of nitrogens with two attached hydrogens (primary N) is 2. The van der Waals surface area contributed by atoms with E-state index in [0.717, 1.165) is 25.0 Å². The Morgan fingerprint density at radius 3 is 1.88 bits per heavy atom. The van der Waals surface area contributed by atoms with Gasteiger partial charge in [-0.15, -0.1) is 0 Å². The van der Waals surface area contributed by atoms with Gasteiger partial charge in [0.15, 0.2) is 0 Å². The SMILES string of the molecule is NC1CCCCC1N.O=C([O-])c1ccc([N+](=O)[O-])c(C(=O)[O-])c1.[Pt+4]. The van der Waals surface area contributed by atoms with Crippen molar-refractivity contribution >= 4 is 17.6 Å². The van der Waals surface area contributed by atoms with Gasteiger partial charge in [-0.1, -0.05) is 12.8 Å². The number of carboxylic acids is 2. The van der Waals surface area contributed by atoms with Gasteiger partial charge >= 0.3 is 21.1 Å². The molecule has 2 unspecified atom stereocenters. The fourth-order valence-electron chi connectivity index (χ4n) is 2.17. The number of carbonyl (C=O) groups excluding carboxylic acids is 2. The Morgan fingerprint density at radius 2 is 1.54 bits per heavy atom. The third kappa shape index (κ3) is 6.35. The molecule has 0 heterocycles. The van der Waals surface area contributed by atoms with Crippen molar-refractivity contribution in [3.63, 3.8) is 0 Å². The molecule has 0 saturated heterocycles. The fraction of sp³-hybridized carbons (Fsp3) is 0.429. The minimum absolute atomic E-state index is 0. The quantitative estimate of drug-likeness (QED) is 0.360. The van der Waals surface area contributed by atoms with Gasteiger partial charge in [-0.2, -0.15) is 0 Å². The number of nitrogens with zero attached hydrogens (tertiary/aromatic N) is 1. The summed E-state index contributed by atoms with van der Waals surface area (Å²) in [5, 5.41) is 31.2. The fourth-order valence-corrected chi connectivity index (χ4v) is 2.17. The zero-order valence-electron chi connectivity index (χ0n) is 12.6. The molecule has 0 amide bonds. The molecule has 0 radical (unpaired) electrons. The molecular weight excluding hydrogens is 501 g/mol. The molecule has 1 aliphatic rings. The van der Waals surface area contributed by atoms with Gasteiger partial charge in [-0.05, 0) is 30.5 Å². The zero-order valence-corrected chi connectivity index (χ0v) is 14.9. The summed E-state index contributed by atoms with van der Waals surface area (Å²) in [5.41, 5.74) is 9.34. The summed E-state index contributed by atoms with van der Waals surface area (Å²) in [6, 6.07) is 2.85. The summed E-state index contributed by atoms with van der Waals surface area (Å²) in [7, 11) is 0. The summed E-state index contributed by atoms with van der Waals surface area (Å²) in [5.74, 6) is -3.43. The maximum atomic E-state index is 10.5. The van der Waals surface area contributed by atoms with Crippen LogP contribution in [-0.4, -0.2) is 28.9 Å². The molecule has 1 fully saturated rings. The van der Waals surface area contributed by atoms with Crippen LogP contribution in [0.1, 0.15) is 46.4 Å². The van der Waals surface area contributed by atoms with Crippen molar-refractivity contribution in [3.8, 4) is 0 Å². The molecular formula is C14H17N3O6Pt+2. The van der Waals surface area contributed by atoms with Gasteiger partial charge in [0, 0.05) is 18.2 Å². The van der Waals surface area contributed by atoms with Crippen molar-refractivity contribution in [2.75, 3.05) is 0 Å². The molecule has 0 spiro atoms. The van der Waals surface area contributed by atoms with E-state index in [1.54, 1.807) is 0 Å². The van der Waals surface area contributed by atoms with Crippen molar-refractivity contribution < 1.29 is 45.8 Å². The number of hydrogen-bond acceptors (Lipinski definition) is 8. The van der Waals surface area contributed by atoms with E-state index in [2.05, 4.69) is 0 Å². The van der Waals surface area contributed by atoms with Gasteiger partial charge in [-0.25, -0.2) is 0 Å². The van der Waals surface area contributed by atoms with Crippen LogP contribution in [0.5, 0.6) is 0 Å². The Bertz CT molecular complexity index is 600. The van der Waals surface area contributed by atoms with Crippen molar-refractivity contribution in [2.24, 2.45) is 11.5 Å². The Kier molecular flexibility index (Phi) is 9.35. The minimum Gasteiger partial charge on any atom is -0.545 e. The number of nitro benzene ring substituents is 1. The van der Waals surface area contributed by atoms with Crippen molar-refractivity contribution in [1.82, 2.24) is 0 Å². The van der Waals surface area contributed by atoms with Crippen molar-refractivity contribution in [2.45, 2.75) is 37.8 Å². The molecule has 1 aromatic rings. The first-order valence-electron chi connectivity index (χ1n) is 6.96. The Morgan fingerprint density at radius 1 is 1.04 bits per heavy atom. The van der Waals surface area contributed by atoms with Crippen LogP contribution < -0.4 is 21.7 Å². The van der Waals surface area contributed by atoms with Gasteiger partial charge in [0.05, 0.1) is 22.4 Å². The molecule has 24 heavy (non-hydrogen) atoms. The summed E-state index contributed by atoms with van der Waals surface area (Å²) in [4.78, 5) is 30.3. The van der Waals surface area contributed by atoms with Crippen LogP contribution in [0.3, 0.4) is 0 Å². The van der Waals surface area contributed by atoms with Crippen molar-refractivity contribution in [3.05, 3.63) is 39.4 Å². The third-order valence-electron chi connectivity index (χ3n) is 3.52. The van der Waals surface area contributed by atoms with Crippen LogP contribution in [0.15, 0.2) is 18.2 Å². The van der Waals surface area contributed by atoms with Crippen LogP contribution in [0.25, 0.3) is 0 Å². The average molecular weight is 518 g/mol. The molecule has 0 aliphatic heterocycles. The second-order valence-corrected chi connectivity index (χ2v) is 5.18. The number of carbonyl (C=O) groups is 2. The first-order valence-corrected chi connectivity index (χ1v) is 6.96. The molecule has 1 aromatic carbocycles. The summed E-state index contributed by atoms with van der Waals surface area (Å²) in [6.07, 6.45) is 4.80. The molecule has 2 atom stereocenters. The van der Waals surface area contributed by atoms with E-state index < -0.39 is 33.7 Å². The first-order chi connectivity index (χ1) is 10.7. The summed E-state index contributed by atoms with van der Waals surface area (Å²) < 4.78 is 0. The van der Waals surface area contributed by atoms with Crippen LogP contribution in [0.4, 0.5) is 5.69 Å². The monoisotopic (exact) mass is 518 g/mol. The normalized spacial score (nSPS) is 19.2. The molecule has 10 heteroatoms. The molecule has 132 valence electrons. The topological polar surface area (TPSA) is 175 Å². The van der Waals surface area contributed by atoms with Gasteiger partial charge in [0.25, 0.3) is 5.69 Å². The Labute approximate surface area is 152 Å². The maximum absolute atomic E-state index is 10.5. The largest absolute Gasteiger partial charge is 4.00 e. The van der Waals surface area contributed by atoms with E-state index in [9.17, 15) is 29.9 Å². The third-order valence-corrected chi connectivity index (χ3v) is 3.52. The number of rotatable bonds is 3. The van der Waals surface area contributed by atoms with Gasteiger partial charge < -0.3 is 31.3 Å². The smallest absolute Gasteiger partial charge is 0.545 e. The van der Waals surface area contributed by atoms with Crippen LogP contribution in [-0.2, 0) is 21.1 Å². The molecule has 2 rings (SSSR count). The van der Waals surface area contributed by atoms with E-state index in [-0.39, 0.29) is 33.1 Å². The average Bonchev–Trinajstić information content (AvgIpc) is 2.50. The Hall–Kier alpha value is -1.83. The van der Waals surface area contributed by atoms with Gasteiger partial charge in [-0.3, -0.25) is 10.1 Å². The van der Waals surface area contributed by atoms with E-state index in [1.807, 2.05) is 0 Å².